The maximum absolute atomic E-state index is 11.9. The Labute approximate surface area is 118 Å². The van der Waals surface area contributed by atoms with Gasteiger partial charge in [0, 0.05) is 19.7 Å². The predicted molar refractivity (Wildman–Crippen MR) is 73.6 cm³/mol. The van der Waals surface area contributed by atoms with Crippen molar-refractivity contribution in [3.8, 4) is 0 Å². The highest BCUT2D eigenvalue weighted by atomic mass is 32.2. The molecule has 110 valence electrons. The number of sulfonamides is 1. The van der Waals surface area contributed by atoms with E-state index in [2.05, 4.69) is 10.0 Å². The van der Waals surface area contributed by atoms with Crippen molar-refractivity contribution in [2.24, 2.45) is 0 Å². The zero-order valence-electron chi connectivity index (χ0n) is 11.0. The molecular formula is C13H18N2O4S. The molecule has 1 aromatic carbocycles. The third-order valence-electron chi connectivity index (χ3n) is 2.99. The van der Waals surface area contributed by atoms with E-state index < -0.39 is 10.0 Å². The van der Waals surface area contributed by atoms with Gasteiger partial charge in [0.15, 0.2) is 0 Å². The first-order chi connectivity index (χ1) is 9.59. The van der Waals surface area contributed by atoms with E-state index in [0.29, 0.717) is 6.61 Å². The highest BCUT2D eigenvalue weighted by Crippen LogP contribution is 2.11. The lowest BCUT2D eigenvalue weighted by Crippen LogP contribution is -2.39. The lowest BCUT2D eigenvalue weighted by Gasteiger charge is -2.11. The van der Waals surface area contributed by atoms with Gasteiger partial charge in [-0.2, -0.15) is 0 Å². The first-order valence-electron chi connectivity index (χ1n) is 6.53. The minimum atomic E-state index is -3.51. The van der Waals surface area contributed by atoms with Crippen LogP contribution in [0.4, 0.5) is 0 Å². The van der Waals surface area contributed by atoms with Crippen LogP contribution in [0.25, 0.3) is 0 Å². The fourth-order valence-electron chi connectivity index (χ4n) is 1.95. The highest BCUT2D eigenvalue weighted by Gasteiger charge is 2.23. The maximum Gasteiger partial charge on any atom is 0.249 e. The number of carbonyl (C=O) groups excluding carboxylic acids is 1. The summed E-state index contributed by atoms with van der Waals surface area (Å²) in [5.74, 6) is -0.179. The van der Waals surface area contributed by atoms with Gasteiger partial charge in [-0.3, -0.25) is 4.79 Å². The van der Waals surface area contributed by atoms with E-state index in [4.69, 9.17) is 4.74 Å². The van der Waals surface area contributed by atoms with Crippen LogP contribution < -0.4 is 10.0 Å². The van der Waals surface area contributed by atoms with E-state index in [9.17, 15) is 13.2 Å². The maximum atomic E-state index is 11.9. The molecule has 2 rings (SSSR count). The average Bonchev–Trinajstić information content (AvgIpc) is 2.98. The molecular weight excluding hydrogens is 280 g/mol. The fourth-order valence-corrected chi connectivity index (χ4v) is 3.01. The van der Waals surface area contributed by atoms with E-state index in [1.807, 2.05) is 0 Å². The molecule has 7 heteroatoms. The van der Waals surface area contributed by atoms with Gasteiger partial charge in [-0.15, -0.1) is 0 Å². The van der Waals surface area contributed by atoms with Crippen molar-refractivity contribution in [2.75, 3.05) is 19.7 Å². The van der Waals surface area contributed by atoms with Crippen LogP contribution in [0.5, 0.6) is 0 Å². The minimum absolute atomic E-state index is 0.148. The Hall–Kier alpha value is -1.44. The summed E-state index contributed by atoms with van der Waals surface area (Å²) in [4.78, 5) is 11.8. The Kier molecular flexibility index (Phi) is 5.11. The van der Waals surface area contributed by atoms with Gasteiger partial charge in [0.2, 0.25) is 15.9 Å². The van der Waals surface area contributed by atoms with Gasteiger partial charge >= 0.3 is 0 Å². The summed E-state index contributed by atoms with van der Waals surface area (Å²) in [6.45, 7) is 0.999. The summed E-state index contributed by atoms with van der Waals surface area (Å²) in [7, 11) is -3.51. The number of benzene rings is 1. The van der Waals surface area contributed by atoms with Crippen LogP contribution in [0.2, 0.25) is 0 Å². The molecule has 0 saturated carbocycles. The molecule has 6 nitrogen and oxygen atoms in total. The van der Waals surface area contributed by atoms with Gasteiger partial charge in [0.05, 0.1) is 4.90 Å². The van der Waals surface area contributed by atoms with Crippen LogP contribution in [-0.2, 0) is 19.6 Å². The van der Waals surface area contributed by atoms with Crippen molar-refractivity contribution in [1.82, 2.24) is 10.0 Å². The lowest BCUT2D eigenvalue weighted by molar-refractivity contribution is -0.129. The molecule has 20 heavy (non-hydrogen) atoms. The zero-order valence-corrected chi connectivity index (χ0v) is 11.9. The van der Waals surface area contributed by atoms with Crippen LogP contribution in [0.1, 0.15) is 12.8 Å². The molecule has 0 spiro atoms. The molecule has 1 fully saturated rings. The van der Waals surface area contributed by atoms with E-state index in [1.165, 1.54) is 12.1 Å². The average molecular weight is 298 g/mol. The zero-order chi connectivity index (χ0) is 14.4. The largest absolute Gasteiger partial charge is 0.368 e. The number of hydrogen-bond donors (Lipinski definition) is 2. The molecule has 1 aromatic rings. The second-order valence-electron chi connectivity index (χ2n) is 4.50. The third kappa shape index (κ3) is 4.03. The van der Waals surface area contributed by atoms with Crippen molar-refractivity contribution in [2.45, 2.75) is 23.8 Å². The minimum Gasteiger partial charge on any atom is -0.368 e. The van der Waals surface area contributed by atoms with Crippen molar-refractivity contribution in [3.05, 3.63) is 30.3 Å². The van der Waals surface area contributed by atoms with Crippen molar-refractivity contribution >= 4 is 15.9 Å². The second-order valence-corrected chi connectivity index (χ2v) is 6.27. The monoisotopic (exact) mass is 298 g/mol. The first kappa shape index (κ1) is 15.0. The molecule has 1 aliphatic heterocycles. The summed E-state index contributed by atoms with van der Waals surface area (Å²) in [6.07, 6.45) is 1.22. The molecule has 1 aliphatic rings. The molecule has 1 atom stereocenters. The van der Waals surface area contributed by atoms with E-state index in [-0.39, 0.29) is 30.0 Å². The smallest absolute Gasteiger partial charge is 0.249 e. The number of carbonyl (C=O) groups is 1. The quantitative estimate of drug-likeness (QED) is 0.738. The number of nitrogens with one attached hydrogen (secondary N) is 2. The molecule has 1 unspecified atom stereocenters. The van der Waals surface area contributed by atoms with Gasteiger partial charge in [0.25, 0.3) is 0 Å². The van der Waals surface area contributed by atoms with Gasteiger partial charge in [-0.05, 0) is 25.0 Å². The first-order valence-corrected chi connectivity index (χ1v) is 8.02. The molecule has 1 amide bonds. The number of hydrogen-bond acceptors (Lipinski definition) is 4. The Morgan fingerprint density at radius 1 is 1.25 bits per heavy atom. The molecule has 0 radical (unpaired) electrons. The molecule has 2 N–H and O–H groups in total. The number of ether oxygens (including phenoxy) is 1. The van der Waals surface area contributed by atoms with Crippen LogP contribution in [0.3, 0.4) is 0 Å². The van der Waals surface area contributed by atoms with Gasteiger partial charge < -0.3 is 10.1 Å². The SMILES string of the molecule is O=C(NCCNS(=O)(=O)c1ccccc1)C1CCCO1. The molecule has 0 aliphatic carbocycles. The van der Waals surface area contributed by atoms with Crippen LogP contribution >= 0.6 is 0 Å². The Balaban J connectivity index is 1.74. The van der Waals surface area contributed by atoms with Crippen molar-refractivity contribution in [3.63, 3.8) is 0 Å². The van der Waals surface area contributed by atoms with Gasteiger partial charge in [-0.25, -0.2) is 13.1 Å². The summed E-state index contributed by atoms with van der Waals surface area (Å²) in [6, 6.07) is 8.11. The standard InChI is InChI=1S/C13H18N2O4S/c16-13(12-7-4-10-19-12)14-8-9-15-20(17,18)11-5-2-1-3-6-11/h1-3,5-6,12,15H,4,7-10H2,(H,14,16). The van der Waals surface area contributed by atoms with E-state index in [0.717, 1.165) is 12.8 Å². The summed E-state index contributed by atoms with van der Waals surface area (Å²) < 4.78 is 31.4. The lowest BCUT2D eigenvalue weighted by atomic mass is 10.2. The number of amides is 1. The summed E-state index contributed by atoms with van der Waals surface area (Å²) in [5, 5.41) is 2.66. The fraction of sp³-hybridized carbons (Fsp3) is 0.462. The molecule has 1 saturated heterocycles. The summed E-state index contributed by atoms with van der Waals surface area (Å²) >= 11 is 0. The summed E-state index contributed by atoms with van der Waals surface area (Å²) in [5.41, 5.74) is 0. The molecule has 1 heterocycles. The second kappa shape index (κ2) is 6.83. The Morgan fingerprint density at radius 3 is 2.65 bits per heavy atom. The van der Waals surface area contributed by atoms with Crippen LogP contribution in [0, 0.1) is 0 Å². The van der Waals surface area contributed by atoms with Crippen LogP contribution in [0.15, 0.2) is 35.2 Å². The third-order valence-corrected chi connectivity index (χ3v) is 4.47. The van der Waals surface area contributed by atoms with Gasteiger partial charge in [0.1, 0.15) is 6.10 Å². The van der Waals surface area contributed by atoms with E-state index in [1.54, 1.807) is 18.2 Å². The van der Waals surface area contributed by atoms with Crippen molar-refractivity contribution in [1.29, 1.82) is 0 Å². The Morgan fingerprint density at radius 2 is 2.00 bits per heavy atom. The molecule has 0 aromatic heterocycles. The van der Waals surface area contributed by atoms with Gasteiger partial charge in [-0.1, -0.05) is 18.2 Å². The van der Waals surface area contributed by atoms with Crippen molar-refractivity contribution < 1.29 is 17.9 Å². The number of rotatable bonds is 6. The molecule has 0 bridgehead atoms. The predicted octanol–water partition coefficient (Wildman–Crippen LogP) is 0.260. The van der Waals surface area contributed by atoms with Crippen LogP contribution in [-0.4, -0.2) is 40.1 Å². The highest BCUT2D eigenvalue weighted by molar-refractivity contribution is 7.89. The topological polar surface area (TPSA) is 84.5 Å². The Bertz CT molecular complexity index is 539. The normalized spacial score (nSPS) is 18.9. The van der Waals surface area contributed by atoms with E-state index >= 15 is 0 Å².